The van der Waals surface area contributed by atoms with Crippen molar-refractivity contribution in [3.05, 3.63) is 11.1 Å². The van der Waals surface area contributed by atoms with Crippen molar-refractivity contribution in [2.75, 3.05) is 6.61 Å². The van der Waals surface area contributed by atoms with E-state index in [9.17, 15) is 10.2 Å². The molecule has 1 saturated carbocycles. The number of hydrogen-bond acceptors (Lipinski definition) is 2. The first-order valence-corrected chi connectivity index (χ1v) is 5.98. The van der Waals surface area contributed by atoms with E-state index in [-0.39, 0.29) is 18.1 Å². The fourth-order valence-electron chi connectivity index (χ4n) is 2.56. The minimum atomic E-state index is -0.269. The summed E-state index contributed by atoms with van der Waals surface area (Å²) in [5.74, 6) is 0. The molecule has 0 radical (unpaired) electrons. The molecule has 1 aliphatic rings. The topological polar surface area (TPSA) is 40.5 Å². The highest BCUT2D eigenvalue weighted by molar-refractivity contribution is 5.22. The highest BCUT2D eigenvalue weighted by atomic mass is 16.3. The molecule has 0 aliphatic heterocycles. The lowest BCUT2D eigenvalue weighted by molar-refractivity contribution is 0.0567. The normalized spacial score (nSPS) is 30.6. The maximum atomic E-state index is 10.1. The van der Waals surface area contributed by atoms with E-state index in [4.69, 9.17) is 0 Å². The predicted molar refractivity (Wildman–Crippen MR) is 62.7 cm³/mol. The van der Waals surface area contributed by atoms with Crippen LogP contribution >= 0.6 is 0 Å². The zero-order chi connectivity index (χ0) is 11.5. The van der Waals surface area contributed by atoms with Crippen molar-refractivity contribution >= 4 is 0 Å². The Morgan fingerprint density at radius 2 is 2.00 bits per heavy atom. The summed E-state index contributed by atoms with van der Waals surface area (Å²) in [6.45, 7) is 6.28. The van der Waals surface area contributed by atoms with Crippen molar-refractivity contribution in [3.8, 4) is 0 Å². The molecule has 0 aromatic rings. The van der Waals surface area contributed by atoms with Crippen LogP contribution in [0, 0.1) is 5.41 Å². The van der Waals surface area contributed by atoms with E-state index in [0.717, 1.165) is 24.8 Å². The lowest BCUT2D eigenvalue weighted by Crippen LogP contribution is -2.33. The lowest BCUT2D eigenvalue weighted by Gasteiger charge is -2.36. The third kappa shape index (κ3) is 2.82. The van der Waals surface area contributed by atoms with Crippen LogP contribution in [0.25, 0.3) is 0 Å². The van der Waals surface area contributed by atoms with Gasteiger partial charge in [-0.1, -0.05) is 32.3 Å². The second-order valence-corrected chi connectivity index (χ2v) is 5.25. The van der Waals surface area contributed by atoms with Crippen LogP contribution in [-0.4, -0.2) is 22.9 Å². The van der Waals surface area contributed by atoms with Crippen LogP contribution in [0.15, 0.2) is 11.1 Å². The van der Waals surface area contributed by atoms with Gasteiger partial charge in [-0.15, -0.1) is 0 Å². The standard InChI is InChI=1S/C13H24O2/c1-10(9-14)11-7-5-4-6-8-12(15)13(11,2)3/h12,14-15H,4-9H2,1-3H3/b11-10-. The molecule has 1 fully saturated rings. The average molecular weight is 212 g/mol. The zero-order valence-electron chi connectivity index (χ0n) is 10.2. The molecule has 1 aliphatic carbocycles. The lowest BCUT2D eigenvalue weighted by atomic mass is 9.72. The monoisotopic (exact) mass is 212 g/mol. The van der Waals surface area contributed by atoms with E-state index in [1.807, 2.05) is 6.92 Å². The second-order valence-electron chi connectivity index (χ2n) is 5.25. The molecular formula is C13H24O2. The Bertz CT molecular complexity index is 241. The molecule has 0 aromatic heterocycles. The molecule has 0 aromatic carbocycles. The van der Waals surface area contributed by atoms with Crippen LogP contribution in [0.3, 0.4) is 0 Å². The molecule has 0 bridgehead atoms. The zero-order valence-corrected chi connectivity index (χ0v) is 10.2. The highest BCUT2D eigenvalue weighted by Crippen LogP contribution is 2.39. The van der Waals surface area contributed by atoms with E-state index in [1.165, 1.54) is 18.4 Å². The van der Waals surface area contributed by atoms with E-state index >= 15 is 0 Å². The van der Waals surface area contributed by atoms with E-state index in [2.05, 4.69) is 13.8 Å². The van der Waals surface area contributed by atoms with Gasteiger partial charge in [0.1, 0.15) is 0 Å². The van der Waals surface area contributed by atoms with Gasteiger partial charge in [0.05, 0.1) is 12.7 Å². The van der Waals surface area contributed by atoms with Gasteiger partial charge in [-0.05, 0) is 31.8 Å². The average Bonchev–Trinajstić information content (AvgIpc) is 2.19. The second kappa shape index (κ2) is 5.13. The van der Waals surface area contributed by atoms with Crippen molar-refractivity contribution in [1.82, 2.24) is 0 Å². The SMILES string of the molecule is C/C(CO)=C1\CCCCCC(O)C1(C)C. The summed E-state index contributed by atoms with van der Waals surface area (Å²) in [6.07, 6.45) is 5.13. The molecule has 0 saturated heterocycles. The first-order valence-electron chi connectivity index (χ1n) is 5.98. The summed E-state index contributed by atoms with van der Waals surface area (Å²) >= 11 is 0. The van der Waals surface area contributed by atoms with Gasteiger partial charge in [-0.2, -0.15) is 0 Å². The fraction of sp³-hybridized carbons (Fsp3) is 0.846. The fourth-order valence-corrected chi connectivity index (χ4v) is 2.56. The number of aliphatic hydroxyl groups is 2. The van der Waals surface area contributed by atoms with Crippen LogP contribution < -0.4 is 0 Å². The van der Waals surface area contributed by atoms with Crippen LogP contribution in [0.4, 0.5) is 0 Å². The Hall–Kier alpha value is -0.340. The summed E-state index contributed by atoms with van der Waals surface area (Å²) in [6, 6.07) is 0. The Morgan fingerprint density at radius 3 is 2.60 bits per heavy atom. The Balaban J connectivity index is 2.98. The van der Waals surface area contributed by atoms with Crippen molar-refractivity contribution < 1.29 is 10.2 Å². The van der Waals surface area contributed by atoms with Gasteiger partial charge in [0.2, 0.25) is 0 Å². The first kappa shape index (κ1) is 12.7. The molecule has 2 nitrogen and oxygen atoms in total. The molecule has 0 amide bonds. The quantitative estimate of drug-likeness (QED) is 0.656. The van der Waals surface area contributed by atoms with Crippen molar-refractivity contribution in [2.45, 2.75) is 59.0 Å². The number of hydrogen-bond donors (Lipinski definition) is 2. The molecule has 0 heterocycles. The maximum absolute atomic E-state index is 10.1. The van der Waals surface area contributed by atoms with Gasteiger partial charge in [0.15, 0.2) is 0 Å². The predicted octanol–water partition coefficient (Wildman–Crippen LogP) is 2.65. The number of aliphatic hydroxyl groups excluding tert-OH is 2. The molecule has 15 heavy (non-hydrogen) atoms. The van der Waals surface area contributed by atoms with Crippen LogP contribution in [0.1, 0.15) is 52.9 Å². The van der Waals surface area contributed by atoms with Gasteiger partial charge in [-0.3, -0.25) is 0 Å². The van der Waals surface area contributed by atoms with E-state index < -0.39 is 0 Å². The molecule has 1 atom stereocenters. The Kier molecular flexibility index (Phi) is 4.35. The van der Waals surface area contributed by atoms with Gasteiger partial charge in [-0.25, -0.2) is 0 Å². The van der Waals surface area contributed by atoms with Crippen LogP contribution in [-0.2, 0) is 0 Å². The third-order valence-electron chi connectivity index (χ3n) is 3.77. The number of rotatable bonds is 1. The maximum Gasteiger partial charge on any atom is 0.0641 e. The summed E-state index contributed by atoms with van der Waals surface area (Å²) in [4.78, 5) is 0. The smallest absolute Gasteiger partial charge is 0.0641 e. The van der Waals surface area contributed by atoms with Gasteiger partial charge >= 0.3 is 0 Å². The molecular weight excluding hydrogens is 188 g/mol. The van der Waals surface area contributed by atoms with E-state index in [0.29, 0.717) is 0 Å². The van der Waals surface area contributed by atoms with Crippen LogP contribution in [0.2, 0.25) is 0 Å². The molecule has 2 N–H and O–H groups in total. The Morgan fingerprint density at radius 1 is 1.33 bits per heavy atom. The largest absolute Gasteiger partial charge is 0.392 e. The minimum Gasteiger partial charge on any atom is -0.392 e. The first-order chi connectivity index (χ1) is 7.00. The van der Waals surface area contributed by atoms with E-state index in [1.54, 1.807) is 0 Å². The van der Waals surface area contributed by atoms with Gasteiger partial charge in [0, 0.05) is 5.41 Å². The van der Waals surface area contributed by atoms with Crippen molar-refractivity contribution in [2.24, 2.45) is 5.41 Å². The molecule has 1 rings (SSSR count). The third-order valence-corrected chi connectivity index (χ3v) is 3.77. The van der Waals surface area contributed by atoms with Gasteiger partial charge in [0.25, 0.3) is 0 Å². The Labute approximate surface area is 93.0 Å². The molecule has 2 heteroatoms. The van der Waals surface area contributed by atoms with Gasteiger partial charge < -0.3 is 10.2 Å². The van der Waals surface area contributed by atoms with Crippen molar-refractivity contribution in [3.63, 3.8) is 0 Å². The van der Waals surface area contributed by atoms with Crippen LogP contribution in [0.5, 0.6) is 0 Å². The summed E-state index contributed by atoms with van der Waals surface area (Å²) in [5, 5.41) is 19.4. The minimum absolute atomic E-state index is 0.117. The summed E-state index contributed by atoms with van der Waals surface area (Å²) < 4.78 is 0. The van der Waals surface area contributed by atoms with Crippen molar-refractivity contribution in [1.29, 1.82) is 0 Å². The molecule has 0 spiro atoms. The molecule has 1 unspecified atom stereocenters. The highest BCUT2D eigenvalue weighted by Gasteiger charge is 2.33. The summed E-state index contributed by atoms with van der Waals surface area (Å²) in [7, 11) is 0. The summed E-state index contributed by atoms with van der Waals surface area (Å²) in [5.41, 5.74) is 2.13. The molecule has 88 valence electrons.